The zero-order valence-corrected chi connectivity index (χ0v) is 14.0. The highest BCUT2D eigenvalue weighted by Gasteiger charge is 2.14. The maximum Gasteiger partial charge on any atom is 0.232 e. The van der Waals surface area contributed by atoms with Crippen LogP contribution in [0.4, 0.5) is 5.69 Å². The molecule has 0 atom stereocenters. The summed E-state index contributed by atoms with van der Waals surface area (Å²) in [5.41, 5.74) is 4.02. The molecule has 3 rings (SSSR count). The summed E-state index contributed by atoms with van der Waals surface area (Å²) in [5, 5.41) is 0. The summed E-state index contributed by atoms with van der Waals surface area (Å²) >= 11 is 0. The molecule has 6 heteroatoms. The van der Waals surface area contributed by atoms with Gasteiger partial charge in [-0.15, -0.1) is 0 Å². The fourth-order valence-corrected chi connectivity index (χ4v) is 3.72. The van der Waals surface area contributed by atoms with Crippen LogP contribution in [-0.4, -0.2) is 23.6 Å². The van der Waals surface area contributed by atoms with E-state index >= 15 is 0 Å². The van der Waals surface area contributed by atoms with Crippen molar-refractivity contribution in [1.82, 2.24) is 9.38 Å². The van der Waals surface area contributed by atoms with Gasteiger partial charge in [0.25, 0.3) is 0 Å². The lowest BCUT2D eigenvalue weighted by atomic mass is 10.1. The lowest BCUT2D eigenvalue weighted by Crippen LogP contribution is -2.16. The van der Waals surface area contributed by atoms with E-state index in [1.54, 1.807) is 6.07 Å². The Morgan fingerprint density at radius 2 is 1.96 bits per heavy atom. The molecule has 0 aliphatic carbocycles. The lowest BCUT2D eigenvalue weighted by Gasteiger charge is -2.10. The number of aromatic nitrogens is 2. The number of sulfonamides is 1. The van der Waals surface area contributed by atoms with Gasteiger partial charge in [-0.1, -0.05) is 31.2 Å². The van der Waals surface area contributed by atoms with Crippen LogP contribution in [0.5, 0.6) is 0 Å². The summed E-state index contributed by atoms with van der Waals surface area (Å²) in [6, 6.07) is 11.3. The van der Waals surface area contributed by atoms with Crippen molar-refractivity contribution in [2.24, 2.45) is 0 Å². The number of nitrogens with zero attached hydrogens (tertiary/aromatic N) is 2. The molecule has 2 heterocycles. The molecule has 0 aliphatic heterocycles. The molecule has 0 aliphatic rings. The third kappa shape index (κ3) is 3.22. The van der Waals surface area contributed by atoms with E-state index in [1.807, 2.05) is 61.0 Å². The van der Waals surface area contributed by atoms with Crippen LogP contribution in [-0.2, 0) is 10.0 Å². The zero-order chi connectivity index (χ0) is 16.4. The van der Waals surface area contributed by atoms with Gasteiger partial charge >= 0.3 is 0 Å². The summed E-state index contributed by atoms with van der Waals surface area (Å²) in [6.07, 6.45) is 4.42. The Hall–Kier alpha value is -2.34. The van der Waals surface area contributed by atoms with Crippen molar-refractivity contribution in [1.29, 1.82) is 0 Å². The van der Waals surface area contributed by atoms with Crippen LogP contribution < -0.4 is 4.72 Å². The van der Waals surface area contributed by atoms with Crippen LogP contribution >= 0.6 is 0 Å². The van der Waals surface area contributed by atoms with Gasteiger partial charge in [-0.2, -0.15) is 0 Å². The minimum absolute atomic E-state index is 0.103. The molecular formula is C17H19N3O2S. The molecule has 1 N–H and O–H groups in total. The molecule has 1 aromatic carbocycles. The van der Waals surface area contributed by atoms with Gasteiger partial charge in [0.1, 0.15) is 5.65 Å². The maximum atomic E-state index is 12.1. The second-order valence-corrected chi connectivity index (χ2v) is 7.36. The van der Waals surface area contributed by atoms with E-state index in [0.717, 1.165) is 22.5 Å². The smallest absolute Gasteiger partial charge is 0.232 e. The normalized spacial score (nSPS) is 11.7. The molecule has 0 amide bonds. The highest BCUT2D eigenvalue weighted by atomic mass is 32.2. The largest absolute Gasteiger partial charge is 0.306 e. The monoisotopic (exact) mass is 329 g/mol. The molecule has 2 aromatic heterocycles. The third-order valence-corrected chi connectivity index (χ3v) is 5.10. The van der Waals surface area contributed by atoms with E-state index in [0.29, 0.717) is 12.1 Å². The summed E-state index contributed by atoms with van der Waals surface area (Å²) in [5.74, 6) is 0.103. The molecular weight excluding hydrogens is 310 g/mol. The summed E-state index contributed by atoms with van der Waals surface area (Å²) in [6.45, 7) is 3.85. The Bertz CT molecular complexity index is 945. The van der Waals surface area contributed by atoms with Gasteiger partial charge in [-0.3, -0.25) is 4.72 Å². The molecule has 0 unspecified atom stereocenters. The fraction of sp³-hybridized carbons (Fsp3) is 0.235. The quantitative estimate of drug-likeness (QED) is 0.779. The van der Waals surface area contributed by atoms with E-state index < -0.39 is 10.0 Å². The molecule has 23 heavy (non-hydrogen) atoms. The summed E-state index contributed by atoms with van der Waals surface area (Å²) in [4.78, 5) is 4.65. The molecule has 5 nitrogen and oxygen atoms in total. The average molecular weight is 329 g/mol. The van der Waals surface area contributed by atoms with Crippen LogP contribution in [0.25, 0.3) is 16.9 Å². The van der Waals surface area contributed by atoms with E-state index in [2.05, 4.69) is 9.71 Å². The Morgan fingerprint density at radius 3 is 2.70 bits per heavy atom. The maximum absolute atomic E-state index is 12.1. The van der Waals surface area contributed by atoms with E-state index in [9.17, 15) is 8.42 Å². The number of aryl methyl sites for hydroxylation is 1. The second kappa shape index (κ2) is 6.04. The molecule has 0 saturated heterocycles. The molecule has 120 valence electrons. The minimum atomic E-state index is -3.34. The minimum Gasteiger partial charge on any atom is -0.306 e. The second-order valence-electron chi connectivity index (χ2n) is 5.51. The first kappa shape index (κ1) is 15.6. The van der Waals surface area contributed by atoms with E-state index in [-0.39, 0.29) is 5.75 Å². The van der Waals surface area contributed by atoms with Crippen molar-refractivity contribution in [2.45, 2.75) is 20.3 Å². The van der Waals surface area contributed by atoms with Gasteiger partial charge in [0.15, 0.2) is 0 Å². The Balaban J connectivity index is 2.07. The van der Waals surface area contributed by atoms with Crippen molar-refractivity contribution < 1.29 is 8.42 Å². The lowest BCUT2D eigenvalue weighted by molar-refractivity contribution is 0.600. The standard InChI is InChI=1S/C17H19N3O2S/c1-3-11-23(21,22)19-15-9-5-4-8-14(15)16-12-20-10-6-7-13(2)17(20)18-16/h4-10,12,19H,3,11H2,1-2H3. The molecule has 0 bridgehead atoms. The Kier molecular flexibility index (Phi) is 4.09. The number of imidazole rings is 1. The van der Waals surface area contributed by atoms with Crippen LogP contribution in [0.2, 0.25) is 0 Å². The first-order valence-electron chi connectivity index (χ1n) is 7.54. The number of hydrogen-bond acceptors (Lipinski definition) is 3. The summed E-state index contributed by atoms with van der Waals surface area (Å²) < 4.78 is 28.8. The van der Waals surface area contributed by atoms with E-state index in [4.69, 9.17) is 0 Å². The first-order chi connectivity index (χ1) is 11.0. The number of para-hydroxylation sites is 1. The topological polar surface area (TPSA) is 63.5 Å². The number of benzene rings is 1. The number of nitrogens with one attached hydrogen (secondary N) is 1. The van der Waals surface area contributed by atoms with Gasteiger partial charge in [-0.05, 0) is 31.0 Å². The molecule has 3 aromatic rings. The summed E-state index contributed by atoms with van der Waals surface area (Å²) in [7, 11) is -3.34. The molecule has 0 fully saturated rings. The molecule has 0 radical (unpaired) electrons. The van der Waals surface area contributed by atoms with Crippen LogP contribution in [0.1, 0.15) is 18.9 Å². The van der Waals surface area contributed by atoms with Gasteiger partial charge in [0.2, 0.25) is 10.0 Å². The Labute approximate surface area is 136 Å². The Morgan fingerprint density at radius 1 is 1.17 bits per heavy atom. The predicted molar refractivity (Wildman–Crippen MR) is 93.1 cm³/mol. The number of rotatable bonds is 5. The van der Waals surface area contributed by atoms with Crippen LogP contribution in [0, 0.1) is 6.92 Å². The van der Waals surface area contributed by atoms with Crippen molar-refractivity contribution in [3.63, 3.8) is 0 Å². The predicted octanol–water partition coefficient (Wildman–Crippen LogP) is 3.46. The van der Waals surface area contributed by atoms with Crippen molar-refractivity contribution in [3.05, 3.63) is 54.4 Å². The molecule has 0 saturated carbocycles. The number of anilines is 1. The van der Waals surface area contributed by atoms with Gasteiger partial charge in [0.05, 0.1) is 17.1 Å². The number of pyridine rings is 1. The van der Waals surface area contributed by atoms with Gasteiger partial charge < -0.3 is 4.40 Å². The first-order valence-corrected chi connectivity index (χ1v) is 9.19. The SMILES string of the molecule is CCCS(=O)(=O)Nc1ccccc1-c1cn2cccc(C)c2n1. The van der Waals surface area contributed by atoms with Crippen LogP contribution in [0.3, 0.4) is 0 Å². The third-order valence-electron chi connectivity index (χ3n) is 3.62. The zero-order valence-electron chi connectivity index (χ0n) is 13.2. The number of fused-ring (bicyclic) bond motifs is 1. The number of hydrogen-bond donors (Lipinski definition) is 1. The van der Waals surface area contributed by atoms with Crippen molar-refractivity contribution in [3.8, 4) is 11.3 Å². The molecule has 0 spiro atoms. The highest BCUT2D eigenvalue weighted by Crippen LogP contribution is 2.28. The average Bonchev–Trinajstić information content (AvgIpc) is 2.92. The van der Waals surface area contributed by atoms with Crippen molar-refractivity contribution >= 4 is 21.4 Å². The van der Waals surface area contributed by atoms with Crippen LogP contribution in [0.15, 0.2) is 48.8 Å². The van der Waals surface area contributed by atoms with Crippen molar-refractivity contribution in [2.75, 3.05) is 10.5 Å². The van der Waals surface area contributed by atoms with Gasteiger partial charge in [-0.25, -0.2) is 13.4 Å². The highest BCUT2D eigenvalue weighted by molar-refractivity contribution is 7.92. The fourth-order valence-electron chi connectivity index (χ4n) is 2.57. The van der Waals surface area contributed by atoms with Gasteiger partial charge in [0, 0.05) is 18.0 Å². The van der Waals surface area contributed by atoms with E-state index in [1.165, 1.54) is 0 Å².